The molecule has 0 atom stereocenters. The van der Waals surface area contributed by atoms with Gasteiger partial charge in [0.1, 0.15) is 0 Å². The topological polar surface area (TPSA) is 12.5 Å². The van der Waals surface area contributed by atoms with Gasteiger partial charge in [0.2, 0.25) is 0 Å². The van der Waals surface area contributed by atoms with Crippen LogP contribution in [0, 0.1) is 5.92 Å². The summed E-state index contributed by atoms with van der Waals surface area (Å²) in [6, 6.07) is 0. The van der Waals surface area contributed by atoms with Crippen LogP contribution in [0.3, 0.4) is 0 Å². The molecular weight excluding hydrogens is 174 g/mol. The summed E-state index contributed by atoms with van der Waals surface area (Å²) in [5, 5.41) is 0. The van der Waals surface area contributed by atoms with Crippen LogP contribution in [0.25, 0.3) is 0 Å². The monoisotopic (exact) mass is 199 g/mol. The predicted octanol–water partition coefficient (Wildman–Crippen LogP) is 2.53. The molecule has 14 heavy (non-hydrogen) atoms. The molecule has 0 aromatic carbocycles. The van der Waals surface area contributed by atoms with E-state index in [-0.39, 0.29) is 0 Å². The third-order valence-corrected chi connectivity index (χ3v) is 2.72. The zero-order valence-corrected chi connectivity index (χ0v) is 9.96. The third kappa shape index (κ3) is 4.43. The van der Waals surface area contributed by atoms with Gasteiger partial charge in [-0.15, -0.1) is 0 Å². The van der Waals surface area contributed by atoms with Crippen molar-refractivity contribution in [3.63, 3.8) is 0 Å². The minimum atomic E-state index is 0.540. The molecule has 0 radical (unpaired) electrons. The number of likely N-dealkylation sites (tertiary alicyclic amines) is 1. The summed E-state index contributed by atoms with van der Waals surface area (Å²) in [6.45, 7) is 11.4. The Morgan fingerprint density at radius 1 is 1.29 bits per heavy atom. The number of piperidine rings is 1. The van der Waals surface area contributed by atoms with Crippen molar-refractivity contribution in [3.05, 3.63) is 0 Å². The van der Waals surface area contributed by atoms with Crippen LogP contribution in [0.2, 0.25) is 0 Å². The van der Waals surface area contributed by atoms with Gasteiger partial charge in [-0.2, -0.15) is 0 Å². The average molecular weight is 199 g/mol. The van der Waals surface area contributed by atoms with Gasteiger partial charge in [-0.1, -0.05) is 20.8 Å². The Hall–Kier alpha value is -0.0800. The maximum atomic E-state index is 5.76. The van der Waals surface area contributed by atoms with Crippen LogP contribution in [0.1, 0.15) is 40.0 Å². The van der Waals surface area contributed by atoms with Crippen molar-refractivity contribution in [2.75, 3.05) is 26.2 Å². The quantitative estimate of drug-likeness (QED) is 0.674. The lowest BCUT2D eigenvalue weighted by Gasteiger charge is -2.32. The number of hydrogen-bond donors (Lipinski definition) is 0. The van der Waals surface area contributed by atoms with Gasteiger partial charge in [0.25, 0.3) is 0 Å². The highest BCUT2D eigenvalue weighted by molar-refractivity contribution is 4.73. The van der Waals surface area contributed by atoms with Crippen molar-refractivity contribution in [3.8, 4) is 0 Å². The summed E-state index contributed by atoms with van der Waals surface area (Å²) in [5.41, 5.74) is 0. The van der Waals surface area contributed by atoms with Crippen molar-refractivity contribution in [1.82, 2.24) is 4.90 Å². The minimum Gasteiger partial charge on any atom is -0.378 e. The molecule has 1 aliphatic rings. The standard InChI is InChI=1S/C12H25NO/c1-4-9-14-12-5-7-13(8-6-12)10-11(2)3/h11-12H,4-10H2,1-3H3. The molecule has 1 fully saturated rings. The van der Waals surface area contributed by atoms with Gasteiger partial charge in [-0.05, 0) is 25.2 Å². The molecule has 0 spiro atoms. The van der Waals surface area contributed by atoms with Crippen LogP contribution in [-0.2, 0) is 4.74 Å². The molecule has 0 bridgehead atoms. The summed E-state index contributed by atoms with van der Waals surface area (Å²) >= 11 is 0. The Morgan fingerprint density at radius 2 is 1.93 bits per heavy atom. The highest BCUT2D eigenvalue weighted by Gasteiger charge is 2.19. The average Bonchev–Trinajstić information content (AvgIpc) is 2.16. The molecule has 1 rings (SSSR count). The minimum absolute atomic E-state index is 0.540. The second-order valence-electron chi connectivity index (χ2n) is 4.76. The van der Waals surface area contributed by atoms with Gasteiger partial charge in [-0.25, -0.2) is 0 Å². The molecule has 1 saturated heterocycles. The summed E-state index contributed by atoms with van der Waals surface area (Å²) in [4.78, 5) is 2.57. The number of rotatable bonds is 5. The normalized spacial score (nSPS) is 20.6. The van der Waals surface area contributed by atoms with Crippen LogP contribution in [0.5, 0.6) is 0 Å². The van der Waals surface area contributed by atoms with Gasteiger partial charge in [-0.3, -0.25) is 0 Å². The summed E-state index contributed by atoms with van der Waals surface area (Å²) < 4.78 is 5.76. The first-order chi connectivity index (χ1) is 6.72. The van der Waals surface area contributed by atoms with Crippen LogP contribution >= 0.6 is 0 Å². The Kier molecular flexibility index (Phi) is 5.49. The van der Waals surface area contributed by atoms with Crippen LogP contribution in [-0.4, -0.2) is 37.2 Å². The molecule has 0 aromatic rings. The molecule has 1 heterocycles. The molecule has 2 nitrogen and oxygen atoms in total. The molecule has 0 aromatic heterocycles. The molecule has 84 valence electrons. The van der Waals surface area contributed by atoms with Crippen LogP contribution < -0.4 is 0 Å². The van der Waals surface area contributed by atoms with Crippen molar-refractivity contribution in [2.24, 2.45) is 5.92 Å². The lowest BCUT2D eigenvalue weighted by molar-refractivity contribution is 0.00586. The fourth-order valence-electron chi connectivity index (χ4n) is 2.06. The summed E-state index contributed by atoms with van der Waals surface area (Å²) in [7, 11) is 0. The smallest absolute Gasteiger partial charge is 0.0599 e. The molecule has 2 heteroatoms. The van der Waals surface area contributed by atoms with Crippen molar-refractivity contribution in [2.45, 2.75) is 46.1 Å². The molecule has 0 amide bonds. The van der Waals surface area contributed by atoms with Gasteiger partial charge < -0.3 is 9.64 Å². The Balaban J connectivity index is 2.11. The largest absolute Gasteiger partial charge is 0.378 e. The first-order valence-corrected chi connectivity index (χ1v) is 6.06. The third-order valence-electron chi connectivity index (χ3n) is 2.72. The zero-order valence-electron chi connectivity index (χ0n) is 9.96. The molecule has 0 N–H and O–H groups in total. The van der Waals surface area contributed by atoms with E-state index in [1.807, 2.05) is 0 Å². The Morgan fingerprint density at radius 3 is 2.43 bits per heavy atom. The zero-order chi connectivity index (χ0) is 10.4. The van der Waals surface area contributed by atoms with Gasteiger partial charge >= 0.3 is 0 Å². The number of nitrogens with zero attached hydrogens (tertiary/aromatic N) is 1. The molecule has 0 aliphatic carbocycles. The van der Waals surface area contributed by atoms with E-state index in [1.54, 1.807) is 0 Å². The van der Waals surface area contributed by atoms with Gasteiger partial charge in [0, 0.05) is 26.2 Å². The van der Waals surface area contributed by atoms with E-state index in [9.17, 15) is 0 Å². The fraction of sp³-hybridized carbons (Fsp3) is 1.00. The van der Waals surface area contributed by atoms with E-state index < -0.39 is 0 Å². The van der Waals surface area contributed by atoms with E-state index in [0.29, 0.717) is 6.10 Å². The van der Waals surface area contributed by atoms with Crippen LogP contribution in [0.4, 0.5) is 0 Å². The SMILES string of the molecule is CCCOC1CCN(CC(C)C)CC1. The van der Waals surface area contributed by atoms with E-state index in [4.69, 9.17) is 4.74 Å². The number of ether oxygens (including phenoxy) is 1. The molecule has 1 aliphatic heterocycles. The van der Waals surface area contributed by atoms with Gasteiger partial charge in [0.05, 0.1) is 6.10 Å². The van der Waals surface area contributed by atoms with Crippen LogP contribution in [0.15, 0.2) is 0 Å². The molecular formula is C12H25NO. The molecule has 0 saturated carbocycles. The number of hydrogen-bond acceptors (Lipinski definition) is 2. The first-order valence-electron chi connectivity index (χ1n) is 6.06. The van der Waals surface area contributed by atoms with Gasteiger partial charge in [0.15, 0.2) is 0 Å². The van der Waals surface area contributed by atoms with E-state index >= 15 is 0 Å². The second kappa shape index (κ2) is 6.41. The van der Waals surface area contributed by atoms with Crippen molar-refractivity contribution < 1.29 is 4.74 Å². The second-order valence-corrected chi connectivity index (χ2v) is 4.76. The summed E-state index contributed by atoms with van der Waals surface area (Å²) in [5.74, 6) is 0.795. The summed E-state index contributed by atoms with van der Waals surface area (Å²) in [6.07, 6.45) is 4.14. The van der Waals surface area contributed by atoms with E-state index in [0.717, 1.165) is 18.9 Å². The lowest BCUT2D eigenvalue weighted by atomic mass is 10.1. The first kappa shape index (κ1) is 12.0. The molecule has 0 unspecified atom stereocenters. The van der Waals surface area contributed by atoms with E-state index in [1.165, 1.54) is 32.5 Å². The Bertz CT molecular complexity index is 139. The highest BCUT2D eigenvalue weighted by Crippen LogP contribution is 2.14. The highest BCUT2D eigenvalue weighted by atomic mass is 16.5. The maximum Gasteiger partial charge on any atom is 0.0599 e. The maximum absolute atomic E-state index is 5.76. The predicted molar refractivity (Wildman–Crippen MR) is 60.5 cm³/mol. The van der Waals surface area contributed by atoms with Crippen molar-refractivity contribution in [1.29, 1.82) is 0 Å². The fourth-order valence-corrected chi connectivity index (χ4v) is 2.06. The van der Waals surface area contributed by atoms with E-state index in [2.05, 4.69) is 25.7 Å². The lowest BCUT2D eigenvalue weighted by Crippen LogP contribution is -2.38. The Labute approximate surface area is 88.6 Å². The van der Waals surface area contributed by atoms with Crippen molar-refractivity contribution >= 4 is 0 Å².